The number of hydrogen-bond acceptors (Lipinski definition) is 3. The molecule has 1 aromatic heterocycles. The van der Waals surface area contributed by atoms with Crippen LogP contribution in [0.1, 0.15) is 10.5 Å². The Kier molecular flexibility index (Phi) is 6.66. The molecule has 0 aliphatic rings. The van der Waals surface area contributed by atoms with Crippen LogP contribution in [0.3, 0.4) is 0 Å². The third-order valence-corrected chi connectivity index (χ3v) is 4.79. The van der Waals surface area contributed by atoms with Crippen LogP contribution in [0, 0.1) is 0 Å². The lowest BCUT2D eigenvalue weighted by molar-refractivity contribution is -0.136. The highest BCUT2D eigenvalue weighted by atomic mass is 35.5. The summed E-state index contributed by atoms with van der Waals surface area (Å²) >= 11 is 18.0. The first kappa shape index (κ1) is 21.7. The molecule has 1 heterocycles. The molecule has 3 amide bonds. The van der Waals surface area contributed by atoms with Crippen molar-refractivity contribution in [3.05, 3.63) is 75.9 Å². The highest BCUT2D eigenvalue weighted by Crippen LogP contribution is 2.27. The third kappa shape index (κ3) is 4.76. The molecule has 0 fully saturated rings. The summed E-state index contributed by atoms with van der Waals surface area (Å²) in [6.07, 6.45) is 1.44. The summed E-state index contributed by atoms with van der Waals surface area (Å²) in [7, 11) is 0. The number of aromatic nitrogens is 1. The summed E-state index contributed by atoms with van der Waals surface area (Å²) in [4.78, 5) is 37.1. The molecule has 7 nitrogen and oxygen atoms in total. The molecule has 10 heteroatoms. The van der Waals surface area contributed by atoms with E-state index < -0.39 is 17.7 Å². The SMILES string of the molecule is C=CCNC(=O)C(=O)Nn1c(C(=O)Nc2ccc(Cl)cc2Cl)cc2cc(Cl)ccc21. The number of anilines is 1. The van der Waals surface area contributed by atoms with Gasteiger partial charge in [-0.25, -0.2) is 4.68 Å². The van der Waals surface area contributed by atoms with Crippen molar-refractivity contribution in [3.63, 3.8) is 0 Å². The molecule has 3 rings (SSSR count). The number of rotatable bonds is 5. The second-order valence-corrected chi connectivity index (χ2v) is 7.37. The van der Waals surface area contributed by atoms with E-state index >= 15 is 0 Å². The Morgan fingerprint density at radius 2 is 1.67 bits per heavy atom. The number of benzene rings is 2. The van der Waals surface area contributed by atoms with Gasteiger partial charge in [-0.2, -0.15) is 0 Å². The van der Waals surface area contributed by atoms with Gasteiger partial charge in [-0.1, -0.05) is 40.9 Å². The topological polar surface area (TPSA) is 92.2 Å². The monoisotopic (exact) mass is 464 g/mol. The van der Waals surface area contributed by atoms with Crippen LogP contribution < -0.4 is 16.1 Å². The summed E-state index contributed by atoms with van der Waals surface area (Å²) in [6, 6.07) is 11.0. The predicted molar refractivity (Wildman–Crippen MR) is 119 cm³/mol. The lowest BCUT2D eigenvalue weighted by Crippen LogP contribution is -2.39. The number of halogens is 3. The fraction of sp³-hybridized carbons (Fsp3) is 0.0500. The Morgan fingerprint density at radius 3 is 2.37 bits per heavy atom. The van der Waals surface area contributed by atoms with Gasteiger partial charge in [-0.05, 0) is 42.5 Å². The molecule has 0 saturated carbocycles. The first-order chi connectivity index (χ1) is 14.3. The van der Waals surface area contributed by atoms with Crippen molar-refractivity contribution < 1.29 is 14.4 Å². The molecule has 0 spiro atoms. The van der Waals surface area contributed by atoms with Gasteiger partial charge in [0.25, 0.3) is 5.91 Å². The largest absolute Gasteiger partial charge is 0.344 e. The number of hydrogen-bond donors (Lipinski definition) is 3. The van der Waals surface area contributed by atoms with E-state index in [1.807, 2.05) is 0 Å². The van der Waals surface area contributed by atoms with Gasteiger partial charge >= 0.3 is 11.8 Å². The van der Waals surface area contributed by atoms with Gasteiger partial charge in [0.1, 0.15) is 5.69 Å². The number of fused-ring (bicyclic) bond motifs is 1. The van der Waals surface area contributed by atoms with Gasteiger partial charge in [0.2, 0.25) is 0 Å². The standard InChI is InChI=1S/C20H15Cl3N4O3/c1-2-7-24-19(29)20(30)26-27-16-6-4-12(21)8-11(16)9-17(27)18(28)25-15-5-3-13(22)10-14(15)23/h2-6,8-10H,1,7H2,(H,24,29)(H,25,28)(H,26,30). The Morgan fingerprint density at radius 1 is 0.967 bits per heavy atom. The molecule has 0 aliphatic heterocycles. The van der Waals surface area contributed by atoms with E-state index in [0.717, 1.165) is 0 Å². The highest BCUT2D eigenvalue weighted by molar-refractivity contribution is 6.38. The summed E-state index contributed by atoms with van der Waals surface area (Å²) in [6.45, 7) is 3.59. The maximum Gasteiger partial charge on any atom is 0.328 e. The molecule has 3 N–H and O–H groups in total. The number of amides is 3. The maximum absolute atomic E-state index is 12.9. The Hall–Kier alpha value is -3.00. The first-order valence-corrected chi connectivity index (χ1v) is 9.71. The van der Waals surface area contributed by atoms with Crippen LogP contribution >= 0.6 is 34.8 Å². The molecule has 3 aromatic rings. The summed E-state index contributed by atoms with van der Waals surface area (Å²) in [5.41, 5.74) is 3.28. The summed E-state index contributed by atoms with van der Waals surface area (Å²) in [5, 5.41) is 6.72. The van der Waals surface area contributed by atoms with Crippen LogP contribution in [0.2, 0.25) is 15.1 Å². The third-order valence-electron chi connectivity index (χ3n) is 4.00. The maximum atomic E-state index is 12.9. The Balaban J connectivity index is 1.97. The molecule has 0 aliphatic carbocycles. The number of carbonyl (C=O) groups is 3. The van der Waals surface area contributed by atoms with Crippen molar-refractivity contribution in [2.24, 2.45) is 0 Å². The average Bonchev–Trinajstić information content (AvgIpc) is 3.05. The van der Waals surface area contributed by atoms with E-state index in [1.54, 1.807) is 30.3 Å². The zero-order chi connectivity index (χ0) is 21.8. The Bertz CT molecular complexity index is 1170. The van der Waals surface area contributed by atoms with Crippen LogP contribution in [0.5, 0.6) is 0 Å². The van der Waals surface area contributed by atoms with E-state index in [-0.39, 0.29) is 17.3 Å². The van der Waals surface area contributed by atoms with Crippen LogP contribution in [0.15, 0.2) is 55.1 Å². The lowest BCUT2D eigenvalue weighted by Gasteiger charge is -2.13. The minimum atomic E-state index is -0.956. The van der Waals surface area contributed by atoms with Crippen molar-refractivity contribution in [1.82, 2.24) is 9.99 Å². The molecule has 30 heavy (non-hydrogen) atoms. The van der Waals surface area contributed by atoms with Crippen molar-refractivity contribution in [1.29, 1.82) is 0 Å². The lowest BCUT2D eigenvalue weighted by atomic mass is 10.2. The van der Waals surface area contributed by atoms with Crippen molar-refractivity contribution in [2.45, 2.75) is 0 Å². The fourth-order valence-electron chi connectivity index (χ4n) is 2.65. The molecule has 154 valence electrons. The molecule has 2 aromatic carbocycles. The van der Waals surface area contributed by atoms with Gasteiger partial charge < -0.3 is 10.6 Å². The second-order valence-electron chi connectivity index (χ2n) is 6.09. The highest BCUT2D eigenvalue weighted by Gasteiger charge is 2.21. The van der Waals surface area contributed by atoms with Crippen molar-refractivity contribution in [3.8, 4) is 0 Å². The molecule has 0 saturated heterocycles. The Labute approximate surface area is 186 Å². The number of nitrogens with one attached hydrogen (secondary N) is 3. The number of carbonyl (C=O) groups excluding carboxylic acids is 3. The minimum absolute atomic E-state index is 0.0585. The van der Waals surface area contributed by atoms with Gasteiger partial charge in [-0.3, -0.25) is 19.8 Å². The van der Waals surface area contributed by atoms with Crippen molar-refractivity contribution >= 4 is 69.1 Å². The van der Waals surface area contributed by atoms with Gasteiger partial charge in [0.15, 0.2) is 0 Å². The van der Waals surface area contributed by atoms with Crippen LogP contribution in [0.25, 0.3) is 10.9 Å². The van der Waals surface area contributed by atoms with E-state index in [9.17, 15) is 14.4 Å². The second kappa shape index (κ2) is 9.21. The fourth-order valence-corrected chi connectivity index (χ4v) is 3.28. The van der Waals surface area contributed by atoms with E-state index in [2.05, 4.69) is 22.6 Å². The van der Waals surface area contributed by atoms with Crippen molar-refractivity contribution in [2.75, 3.05) is 17.3 Å². The summed E-state index contributed by atoms with van der Waals surface area (Å²) in [5.74, 6) is -2.40. The normalized spacial score (nSPS) is 10.5. The molecule has 0 unspecified atom stereocenters. The minimum Gasteiger partial charge on any atom is -0.344 e. The van der Waals surface area contributed by atoms with E-state index in [0.29, 0.717) is 26.6 Å². The zero-order valence-corrected chi connectivity index (χ0v) is 17.6. The van der Waals surface area contributed by atoms with Crippen LogP contribution in [-0.2, 0) is 9.59 Å². The number of nitrogens with zero attached hydrogens (tertiary/aromatic N) is 1. The van der Waals surface area contributed by atoms with Gasteiger partial charge in [-0.15, -0.1) is 6.58 Å². The first-order valence-electron chi connectivity index (χ1n) is 8.57. The van der Waals surface area contributed by atoms with Gasteiger partial charge in [0.05, 0.1) is 16.2 Å². The molecule has 0 radical (unpaired) electrons. The van der Waals surface area contributed by atoms with Crippen LogP contribution in [0.4, 0.5) is 5.69 Å². The molecular formula is C20H15Cl3N4O3. The predicted octanol–water partition coefficient (Wildman–Crippen LogP) is 4.23. The average molecular weight is 466 g/mol. The smallest absolute Gasteiger partial charge is 0.328 e. The molecule has 0 bridgehead atoms. The van der Waals surface area contributed by atoms with E-state index in [4.69, 9.17) is 34.8 Å². The van der Waals surface area contributed by atoms with Crippen LogP contribution in [-0.4, -0.2) is 28.9 Å². The quantitative estimate of drug-likeness (QED) is 0.389. The van der Waals surface area contributed by atoms with Gasteiger partial charge in [0, 0.05) is 22.0 Å². The zero-order valence-electron chi connectivity index (χ0n) is 15.3. The summed E-state index contributed by atoms with van der Waals surface area (Å²) < 4.78 is 1.21. The molecule has 0 atom stereocenters. The molecular weight excluding hydrogens is 451 g/mol. The van der Waals surface area contributed by atoms with E-state index in [1.165, 1.54) is 22.9 Å².